The van der Waals surface area contributed by atoms with E-state index in [4.69, 9.17) is 52.1 Å². The molecule has 354 valence electrons. The summed E-state index contributed by atoms with van der Waals surface area (Å²) in [6.45, 7) is 7.55. The van der Waals surface area contributed by atoms with Crippen LogP contribution in [0.2, 0.25) is 0 Å². The van der Waals surface area contributed by atoms with Gasteiger partial charge in [0, 0.05) is 40.5 Å². The van der Waals surface area contributed by atoms with Crippen LogP contribution < -0.4 is 5.32 Å². The molecule has 2 saturated heterocycles. The second kappa shape index (κ2) is 22.2. The zero-order valence-corrected chi connectivity index (χ0v) is 37.4. The van der Waals surface area contributed by atoms with E-state index in [-0.39, 0.29) is 19.1 Å². The molecule has 0 radical (unpaired) electrons. The quantitative estimate of drug-likeness (QED) is 0.157. The number of carbonyl (C=O) groups is 7. The van der Waals surface area contributed by atoms with Crippen LogP contribution in [0.25, 0.3) is 11.1 Å². The molecule has 1 amide bonds. The van der Waals surface area contributed by atoms with Gasteiger partial charge in [-0.1, -0.05) is 78.9 Å². The van der Waals surface area contributed by atoms with Gasteiger partial charge in [-0.15, -0.1) is 0 Å². The summed E-state index contributed by atoms with van der Waals surface area (Å²) in [5, 5.41) is 2.55. The molecule has 2 heterocycles. The Morgan fingerprint density at radius 1 is 0.545 bits per heavy atom. The average molecular weight is 920 g/mol. The Bertz CT molecular complexity index is 2190. The van der Waals surface area contributed by atoms with E-state index >= 15 is 0 Å². The molecule has 11 atom stereocenters. The number of amides is 1. The van der Waals surface area contributed by atoms with Crippen molar-refractivity contribution in [3.05, 3.63) is 95.6 Å². The number of carbonyl (C=O) groups excluding carboxylic acids is 7. The van der Waals surface area contributed by atoms with E-state index in [0.717, 1.165) is 56.9 Å². The molecule has 2 fully saturated rings. The van der Waals surface area contributed by atoms with Crippen LogP contribution in [0, 0.1) is 0 Å². The summed E-state index contributed by atoms with van der Waals surface area (Å²) in [7, 11) is 0. The number of ether oxygens (including phenoxy) is 11. The van der Waals surface area contributed by atoms with Gasteiger partial charge >= 0.3 is 41.9 Å². The number of hydrogen-bond donors (Lipinski definition) is 1. The van der Waals surface area contributed by atoms with Gasteiger partial charge in [0.1, 0.15) is 13.2 Å². The first kappa shape index (κ1) is 49.0. The van der Waals surface area contributed by atoms with Crippen molar-refractivity contribution in [3.8, 4) is 11.1 Å². The minimum Gasteiger partial charge on any atom is -0.459 e. The van der Waals surface area contributed by atoms with Gasteiger partial charge in [-0.05, 0) is 41.7 Å². The Morgan fingerprint density at radius 2 is 1.00 bits per heavy atom. The maximum atomic E-state index is 13.9. The fraction of sp³-hybridized carbons (Fsp3) is 0.468. The number of esters is 6. The maximum Gasteiger partial charge on any atom is 0.407 e. The molecular formula is C47H53NO18. The number of rotatable bonds is 16. The molecule has 0 saturated carbocycles. The number of nitrogens with one attached hydrogen (secondary N) is 1. The molecule has 0 spiro atoms. The average Bonchev–Trinajstić information content (AvgIpc) is 3.58. The lowest BCUT2D eigenvalue weighted by Gasteiger charge is -2.48. The van der Waals surface area contributed by atoms with E-state index in [1.165, 1.54) is 13.8 Å². The number of fused-ring (bicyclic) bond motifs is 3. The Morgan fingerprint density at radius 3 is 1.53 bits per heavy atom. The third-order valence-electron chi connectivity index (χ3n) is 10.8. The fourth-order valence-corrected chi connectivity index (χ4v) is 8.14. The van der Waals surface area contributed by atoms with Crippen molar-refractivity contribution in [1.29, 1.82) is 0 Å². The smallest absolute Gasteiger partial charge is 0.407 e. The minimum atomic E-state index is -1.70. The largest absolute Gasteiger partial charge is 0.459 e. The summed E-state index contributed by atoms with van der Waals surface area (Å²) in [4.78, 5) is 89.7. The van der Waals surface area contributed by atoms with Crippen molar-refractivity contribution < 1.29 is 85.7 Å². The topological polar surface area (TPSA) is 233 Å². The second-order valence-electron chi connectivity index (χ2n) is 15.8. The van der Waals surface area contributed by atoms with Crippen LogP contribution in [0.4, 0.5) is 4.79 Å². The SMILES string of the molecule is CC(=O)O[C@@H]1[C@@H](OC(C)=O)[C@H](C)O[C@@H](O[C@H]2[C@H](OC[C@H](NC(=O)OCC3c4ccccc4-c4ccccc43)C(=O)OCc3ccccc3)O[C@@H](C)[C@H](OC(C)=O)[C@H]2OC(C)=O)[C@@H]1OC(C)=O. The summed E-state index contributed by atoms with van der Waals surface area (Å²) < 4.78 is 64.1. The molecule has 19 heteroatoms. The van der Waals surface area contributed by atoms with Gasteiger partial charge < -0.3 is 57.4 Å². The Labute approximate surface area is 380 Å². The van der Waals surface area contributed by atoms with Crippen LogP contribution in [-0.4, -0.2) is 123 Å². The summed E-state index contributed by atoms with van der Waals surface area (Å²) in [5.41, 5.74) is 4.60. The first-order chi connectivity index (χ1) is 31.5. The molecule has 3 aromatic rings. The summed E-state index contributed by atoms with van der Waals surface area (Å²) in [6, 6.07) is 22.8. The molecule has 1 aliphatic carbocycles. The molecule has 0 bridgehead atoms. The van der Waals surface area contributed by atoms with Crippen molar-refractivity contribution >= 4 is 41.9 Å². The van der Waals surface area contributed by atoms with E-state index < -0.39 is 116 Å². The Kier molecular flexibility index (Phi) is 16.5. The van der Waals surface area contributed by atoms with Crippen molar-refractivity contribution in [2.24, 2.45) is 0 Å². The fourth-order valence-electron chi connectivity index (χ4n) is 8.14. The number of alkyl carbamates (subject to hydrolysis) is 1. The highest BCUT2D eigenvalue weighted by atomic mass is 16.8. The molecule has 19 nitrogen and oxygen atoms in total. The normalized spacial score (nSPS) is 26.0. The van der Waals surface area contributed by atoms with Gasteiger partial charge in [-0.3, -0.25) is 24.0 Å². The first-order valence-corrected chi connectivity index (χ1v) is 21.3. The molecule has 3 aliphatic rings. The third-order valence-corrected chi connectivity index (χ3v) is 10.8. The van der Waals surface area contributed by atoms with Crippen molar-refractivity contribution in [2.75, 3.05) is 13.2 Å². The summed E-state index contributed by atoms with van der Waals surface area (Å²) in [6.07, 6.45) is -15.4. The van der Waals surface area contributed by atoms with Crippen LogP contribution >= 0.6 is 0 Å². The van der Waals surface area contributed by atoms with Gasteiger partial charge in [0.2, 0.25) is 0 Å². The summed E-state index contributed by atoms with van der Waals surface area (Å²) in [5.74, 6) is -5.33. The molecule has 3 aromatic carbocycles. The standard InChI is InChI=1S/C47H53NO18/c1-24-38(61-26(3)49)40(63-28(5)51)42(66-46-43(65-30(7)53)41(64-29(6)52)39(25(2)60-46)62-27(4)50)45(59-24)57-23-37(44(54)56-21-31-15-9-8-10-16-31)48-47(55)58-22-36-34-19-13-11-17-32(34)33-18-12-14-20-35(33)36/h8-20,24-25,36-43,45-46H,21-23H2,1-7H3,(H,48,55)/t24-,25-,37-,38-,39-,40+,41+,42+,43+,45+,46-/m0/s1. The van der Waals surface area contributed by atoms with Crippen molar-refractivity contribution in [3.63, 3.8) is 0 Å². The second-order valence-corrected chi connectivity index (χ2v) is 15.8. The van der Waals surface area contributed by atoms with Crippen LogP contribution in [0.5, 0.6) is 0 Å². The molecule has 1 N–H and O–H groups in total. The zero-order valence-electron chi connectivity index (χ0n) is 37.4. The van der Waals surface area contributed by atoms with E-state index in [1.54, 1.807) is 30.3 Å². The number of benzene rings is 3. The van der Waals surface area contributed by atoms with Crippen LogP contribution in [0.3, 0.4) is 0 Å². The predicted molar refractivity (Wildman–Crippen MR) is 225 cm³/mol. The minimum absolute atomic E-state index is 0.0801. The lowest BCUT2D eigenvalue weighted by Crippen LogP contribution is -2.66. The van der Waals surface area contributed by atoms with Gasteiger partial charge in [0.05, 0.1) is 18.8 Å². The predicted octanol–water partition coefficient (Wildman–Crippen LogP) is 4.19. The van der Waals surface area contributed by atoms with Crippen molar-refractivity contribution in [1.82, 2.24) is 5.32 Å². The van der Waals surface area contributed by atoms with Crippen LogP contribution in [0.15, 0.2) is 78.9 Å². The zero-order chi connectivity index (χ0) is 47.7. The summed E-state index contributed by atoms with van der Waals surface area (Å²) >= 11 is 0. The molecule has 2 aliphatic heterocycles. The highest BCUT2D eigenvalue weighted by molar-refractivity contribution is 5.82. The van der Waals surface area contributed by atoms with Gasteiger partial charge in [-0.2, -0.15) is 0 Å². The monoisotopic (exact) mass is 919 g/mol. The highest BCUT2D eigenvalue weighted by Gasteiger charge is 2.56. The molecule has 66 heavy (non-hydrogen) atoms. The maximum absolute atomic E-state index is 13.9. The molecule has 6 rings (SSSR count). The lowest BCUT2D eigenvalue weighted by molar-refractivity contribution is -0.363. The van der Waals surface area contributed by atoms with Gasteiger partial charge in [-0.25, -0.2) is 9.59 Å². The van der Waals surface area contributed by atoms with E-state index in [9.17, 15) is 33.6 Å². The van der Waals surface area contributed by atoms with E-state index in [2.05, 4.69) is 5.32 Å². The molecule has 0 aromatic heterocycles. The van der Waals surface area contributed by atoms with Crippen molar-refractivity contribution in [2.45, 2.75) is 128 Å². The first-order valence-electron chi connectivity index (χ1n) is 21.3. The Hall–Kier alpha value is -6.41. The Balaban J connectivity index is 1.29. The van der Waals surface area contributed by atoms with Crippen LogP contribution in [-0.2, 0) is 87.5 Å². The van der Waals surface area contributed by atoms with Gasteiger partial charge in [0.15, 0.2) is 55.2 Å². The lowest BCUT2D eigenvalue weighted by atomic mass is 9.97. The molecular weight excluding hydrogens is 867 g/mol. The van der Waals surface area contributed by atoms with E-state index in [0.29, 0.717) is 5.56 Å². The van der Waals surface area contributed by atoms with Crippen LogP contribution in [0.1, 0.15) is 71.1 Å². The highest BCUT2D eigenvalue weighted by Crippen LogP contribution is 2.44. The molecule has 0 unspecified atom stereocenters. The third kappa shape index (κ3) is 12.3. The number of hydrogen-bond acceptors (Lipinski definition) is 18. The van der Waals surface area contributed by atoms with Gasteiger partial charge in [0.25, 0.3) is 0 Å². The van der Waals surface area contributed by atoms with E-state index in [1.807, 2.05) is 48.5 Å².